The molecule has 2 fully saturated rings. The van der Waals surface area contributed by atoms with E-state index in [0.717, 1.165) is 32.4 Å². The molecule has 0 N–H and O–H groups in total. The Balaban J connectivity index is 1.51. The van der Waals surface area contributed by atoms with Crippen LogP contribution in [-0.4, -0.2) is 61.1 Å². The van der Waals surface area contributed by atoms with E-state index >= 15 is 0 Å². The first-order valence-electron chi connectivity index (χ1n) is 9.51. The SMILES string of the molecule is O=C(C1CCCc2ccccc21)N1CCOCC1CN1CCCC1. The molecule has 2 saturated heterocycles. The third-order valence-electron chi connectivity index (χ3n) is 5.85. The Kier molecular flexibility index (Phi) is 4.86. The van der Waals surface area contributed by atoms with Gasteiger partial charge in [-0.1, -0.05) is 24.3 Å². The maximum absolute atomic E-state index is 13.4. The summed E-state index contributed by atoms with van der Waals surface area (Å²) in [7, 11) is 0. The number of nitrogens with zero attached hydrogens (tertiary/aromatic N) is 2. The van der Waals surface area contributed by atoms with E-state index in [4.69, 9.17) is 4.74 Å². The molecule has 0 spiro atoms. The second kappa shape index (κ2) is 7.24. The summed E-state index contributed by atoms with van der Waals surface area (Å²) >= 11 is 0. The minimum Gasteiger partial charge on any atom is -0.377 e. The first-order chi connectivity index (χ1) is 11.8. The van der Waals surface area contributed by atoms with Gasteiger partial charge in [-0.05, 0) is 56.3 Å². The number of aryl methyl sites for hydroxylation is 1. The molecule has 2 atom stereocenters. The normalized spacial score (nSPS) is 27.9. The van der Waals surface area contributed by atoms with Crippen molar-refractivity contribution in [1.29, 1.82) is 0 Å². The number of carbonyl (C=O) groups excluding carboxylic acids is 1. The van der Waals surface area contributed by atoms with E-state index in [9.17, 15) is 4.79 Å². The Morgan fingerprint density at radius 3 is 2.83 bits per heavy atom. The molecule has 1 amide bonds. The molecule has 1 aromatic carbocycles. The molecule has 0 aromatic heterocycles. The third-order valence-corrected chi connectivity index (χ3v) is 5.85. The Morgan fingerprint density at radius 2 is 1.96 bits per heavy atom. The Morgan fingerprint density at radius 1 is 1.12 bits per heavy atom. The molecule has 4 rings (SSSR count). The number of likely N-dealkylation sites (tertiary alicyclic amines) is 1. The molecule has 130 valence electrons. The summed E-state index contributed by atoms with van der Waals surface area (Å²) in [6.07, 6.45) is 5.80. The van der Waals surface area contributed by atoms with Gasteiger partial charge >= 0.3 is 0 Å². The van der Waals surface area contributed by atoms with Crippen molar-refractivity contribution in [2.24, 2.45) is 0 Å². The van der Waals surface area contributed by atoms with Crippen LogP contribution < -0.4 is 0 Å². The largest absolute Gasteiger partial charge is 0.377 e. The highest BCUT2D eigenvalue weighted by molar-refractivity contribution is 5.85. The number of rotatable bonds is 3. The summed E-state index contributed by atoms with van der Waals surface area (Å²) in [6, 6.07) is 8.74. The van der Waals surface area contributed by atoms with Crippen molar-refractivity contribution in [2.75, 3.05) is 39.4 Å². The van der Waals surface area contributed by atoms with Crippen molar-refractivity contribution < 1.29 is 9.53 Å². The lowest BCUT2D eigenvalue weighted by Gasteiger charge is -2.40. The number of fused-ring (bicyclic) bond motifs is 1. The second-order valence-corrected chi connectivity index (χ2v) is 7.41. The fourth-order valence-electron chi connectivity index (χ4n) is 4.57. The highest BCUT2D eigenvalue weighted by Crippen LogP contribution is 2.33. The molecular formula is C20H28N2O2. The average molecular weight is 328 g/mol. The lowest BCUT2D eigenvalue weighted by atomic mass is 9.82. The van der Waals surface area contributed by atoms with Crippen LogP contribution in [0.25, 0.3) is 0 Å². The highest BCUT2D eigenvalue weighted by Gasteiger charge is 2.35. The molecule has 4 heteroatoms. The van der Waals surface area contributed by atoms with Crippen LogP contribution in [0, 0.1) is 0 Å². The minimum atomic E-state index is 0.0501. The maximum Gasteiger partial charge on any atom is 0.230 e. The van der Waals surface area contributed by atoms with E-state index in [0.29, 0.717) is 19.1 Å². The van der Waals surface area contributed by atoms with Gasteiger partial charge in [-0.15, -0.1) is 0 Å². The smallest absolute Gasteiger partial charge is 0.230 e. The Labute approximate surface area is 144 Å². The number of carbonyl (C=O) groups is 1. The molecule has 2 heterocycles. The summed E-state index contributed by atoms with van der Waals surface area (Å²) in [6.45, 7) is 5.43. The fraction of sp³-hybridized carbons (Fsp3) is 0.650. The molecule has 0 radical (unpaired) electrons. The summed E-state index contributed by atoms with van der Waals surface area (Å²) in [4.78, 5) is 18.0. The predicted octanol–water partition coefficient (Wildman–Crippen LogP) is 2.43. The molecule has 1 aromatic rings. The fourth-order valence-corrected chi connectivity index (χ4v) is 4.57. The van der Waals surface area contributed by atoms with E-state index in [1.165, 1.54) is 37.1 Å². The number of ether oxygens (including phenoxy) is 1. The van der Waals surface area contributed by atoms with Crippen LogP contribution >= 0.6 is 0 Å². The summed E-state index contributed by atoms with van der Waals surface area (Å²) in [5, 5.41) is 0. The van der Waals surface area contributed by atoms with Crippen LogP contribution in [0.4, 0.5) is 0 Å². The van der Waals surface area contributed by atoms with Crippen molar-refractivity contribution in [2.45, 2.75) is 44.1 Å². The van der Waals surface area contributed by atoms with E-state index in [2.05, 4.69) is 34.1 Å². The molecule has 3 aliphatic rings. The topological polar surface area (TPSA) is 32.8 Å². The molecular weight excluding hydrogens is 300 g/mol. The lowest BCUT2D eigenvalue weighted by molar-refractivity contribution is -0.142. The highest BCUT2D eigenvalue weighted by atomic mass is 16.5. The van der Waals surface area contributed by atoms with Crippen molar-refractivity contribution in [3.8, 4) is 0 Å². The summed E-state index contributed by atoms with van der Waals surface area (Å²) in [5.74, 6) is 0.378. The quantitative estimate of drug-likeness (QED) is 0.854. The van der Waals surface area contributed by atoms with Gasteiger partial charge in [-0.3, -0.25) is 4.79 Å². The molecule has 4 nitrogen and oxygen atoms in total. The maximum atomic E-state index is 13.4. The van der Waals surface area contributed by atoms with Crippen LogP contribution in [0.15, 0.2) is 24.3 Å². The van der Waals surface area contributed by atoms with E-state index < -0.39 is 0 Å². The first kappa shape index (κ1) is 16.1. The number of morpholine rings is 1. The average Bonchev–Trinajstić information content (AvgIpc) is 3.14. The molecule has 0 bridgehead atoms. The van der Waals surface area contributed by atoms with Gasteiger partial charge in [0.2, 0.25) is 5.91 Å². The Hall–Kier alpha value is -1.39. The second-order valence-electron chi connectivity index (χ2n) is 7.41. The number of hydrogen-bond donors (Lipinski definition) is 0. The zero-order valence-electron chi connectivity index (χ0n) is 14.5. The number of amides is 1. The van der Waals surface area contributed by atoms with Crippen molar-refractivity contribution in [3.05, 3.63) is 35.4 Å². The lowest BCUT2D eigenvalue weighted by Crippen LogP contribution is -2.54. The molecule has 2 aliphatic heterocycles. The van der Waals surface area contributed by atoms with E-state index in [1.807, 2.05) is 0 Å². The molecule has 0 saturated carbocycles. The molecule has 24 heavy (non-hydrogen) atoms. The van der Waals surface area contributed by atoms with Crippen molar-refractivity contribution >= 4 is 5.91 Å². The van der Waals surface area contributed by atoms with Crippen molar-refractivity contribution in [3.63, 3.8) is 0 Å². The van der Waals surface area contributed by atoms with Crippen LogP contribution in [0.5, 0.6) is 0 Å². The van der Waals surface area contributed by atoms with Gasteiger partial charge < -0.3 is 14.5 Å². The van der Waals surface area contributed by atoms with Gasteiger partial charge in [0.05, 0.1) is 25.2 Å². The van der Waals surface area contributed by atoms with Crippen LogP contribution in [0.2, 0.25) is 0 Å². The van der Waals surface area contributed by atoms with Gasteiger partial charge in [0.1, 0.15) is 0 Å². The van der Waals surface area contributed by atoms with E-state index in [-0.39, 0.29) is 12.0 Å². The van der Waals surface area contributed by atoms with Gasteiger partial charge in [-0.25, -0.2) is 0 Å². The minimum absolute atomic E-state index is 0.0501. The van der Waals surface area contributed by atoms with Gasteiger partial charge in [0, 0.05) is 13.1 Å². The third kappa shape index (κ3) is 3.22. The predicted molar refractivity (Wildman–Crippen MR) is 94.1 cm³/mol. The zero-order valence-corrected chi connectivity index (χ0v) is 14.5. The monoisotopic (exact) mass is 328 g/mol. The standard InChI is InChI=1S/C20H28N2O2/c23-20(19-9-5-7-16-6-1-2-8-18(16)19)22-12-13-24-15-17(22)14-21-10-3-4-11-21/h1-2,6,8,17,19H,3-5,7,9-15H2. The van der Waals surface area contributed by atoms with Gasteiger partial charge in [0.25, 0.3) is 0 Å². The van der Waals surface area contributed by atoms with Crippen molar-refractivity contribution in [1.82, 2.24) is 9.80 Å². The summed E-state index contributed by atoms with van der Waals surface area (Å²) in [5.41, 5.74) is 2.63. The molecule has 1 aliphatic carbocycles. The van der Waals surface area contributed by atoms with Gasteiger partial charge in [0.15, 0.2) is 0 Å². The number of benzene rings is 1. The molecule has 2 unspecified atom stereocenters. The Bertz CT molecular complexity index is 583. The van der Waals surface area contributed by atoms with E-state index in [1.54, 1.807) is 0 Å². The zero-order chi connectivity index (χ0) is 16.4. The number of hydrogen-bond acceptors (Lipinski definition) is 3. The van der Waals surface area contributed by atoms with Crippen LogP contribution in [0.1, 0.15) is 42.7 Å². The summed E-state index contributed by atoms with van der Waals surface area (Å²) < 4.78 is 5.71. The van der Waals surface area contributed by atoms with Gasteiger partial charge in [-0.2, -0.15) is 0 Å². The van der Waals surface area contributed by atoms with Crippen LogP contribution in [0.3, 0.4) is 0 Å². The first-order valence-corrected chi connectivity index (χ1v) is 9.51. The van der Waals surface area contributed by atoms with Crippen LogP contribution in [-0.2, 0) is 16.0 Å².